The lowest BCUT2D eigenvalue weighted by Gasteiger charge is -2.47. The van der Waals surface area contributed by atoms with Gasteiger partial charge in [0.05, 0.1) is 18.1 Å². The molecule has 2 bridgehead atoms. The quantitative estimate of drug-likeness (QED) is 0.757. The van der Waals surface area contributed by atoms with Gasteiger partial charge in [-0.3, -0.25) is 4.79 Å². The first kappa shape index (κ1) is 19.3. The lowest BCUT2D eigenvalue weighted by atomic mass is 9.61. The molecule has 0 aromatic carbocycles. The van der Waals surface area contributed by atoms with Gasteiger partial charge in [0.15, 0.2) is 5.82 Å². The summed E-state index contributed by atoms with van der Waals surface area (Å²) in [5.41, 5.74) is -1.04. The van der Waals surface area contributed by atoms with Crippen molar-refractivity contribution in [3.05, 3.63) is 23.1 Å². The van der Waals surface area contributed by atoms with Crippen molar-refractivity contribution >= 4 is 28.9 Å². The molecule has 3 saturated carbocycles. The Morgan fingerprint density at radius 2 is 2.00 bits per heavy atom. The maximum atomic E-state index is 13.5. The Hall–Kier alpha value is -2.03. The zero-order valence-corrected chi connectivity index (χ0v) is 15.9. The van der Waals surface area contributed by atoms with Crippen LogP contribution in [0.2, 0.25) is 5.28 Å². The van der Waals surface area contributed by atoms with Gasteiger partial charge in [-0.2, -0.15) is 18.2 Å². The van der Waals surface area contributed by atoms with Crippen LogP contribution in [0, 0.1) is 17.8 Å². The van der Waals surface area contributed by atoms with Crippen LogP contribution in [0.4, 0.5) is 19.0 Å². The molecule has 10 heteroatoms. The minimum atomic E-state index is -4.56. The molecule has 152 valence electrons. The fraction of sp³-hybridized carbons (Fsp3) is 0.611. The number of esters is 1. The van der Waals surface area contributed by atoms with Crippen LogP contribution in [-0.2, 0) is 15.7 Å². The van der Waals surface area contributed by atoms with Crippen molar-refractivity contribution in [1.29, 1.82) is 0 Å². The highest BCUT2D eigenvalue weighted by molar-refractivity contribution is 6.28. The number of fused-ring (bicyclic) bond motifs is 4. The number of carbonyl (C=O) groups is 1. The third-order valence-corrected chi connectivity index (χ3v) is 6.03. The first-order valence-corrected chi connectivity index (χ1v) is 9.72. The summed E-state index contributed by atoms with van der Waals surface area (Å²) < 4.78 is 46.7. The third kappa shape index (κ3) is 3.29. The molecule has 2 aromatic rings. The maximum absolute atomic E-state index is 13.5. The molecule has 28 heavy (non-hydrogen) atoms. The Labute approximate surface area is 164 Å². The van der Waals surface area contributed by atoms with Gasteiger partial charge in [0.25, 0.3) is 0 Å². The molecule has 2 atom stereocenters. The molecule has 1 N–H and O–H groups in total. The summed E-state index contributed by atoms with van der Waals surface area (Å²) >= 11 is 5.94. The van der Waals surface area contributed by atoms with Crippen molar-refractivity contribution in [3.63, 3.8) is 0 Å². The number of nitrogens with zero attached hydrogens (tertiary/aromatic N) is 3. The minimum absolute atomic E-state index is 0.0100. The van der Waals surface area contributed by atoms with Crippen LogP contribution in [0.15, 0.2) is 12.3 Å². The van der Waals surface area contributed by atoms with Crippen molar-refractivity contribution in [3.8, 4) is 0 Å². The minimum Gasteiger partial charge on any atom is -0.466 e. The molecule has 3 fully saturated rings. The molecule has 2 aromatic heterocycles. The van der Waals surface area contributed by atoms with Crippen LogP contribution in [0.25, 0.3) is 5.52 Å². The zero-order valence-electron chi connectivity index (χ0n) is 15.2. The van der Waals surface area contributed by atoms with E-state index in [9.17, 15) is 18.0 Å². The van der Waals surface area contributed by atoms with Crippen LogP contribution in [0.5, 0.6) is 0 Å². The van der Waals surface area contributed by atoms with E-state index >= 15 is 0 Å². The molecule has 0 radical (unpaired) electrons. The molecule has 0 saturated heterocycles. The van der Waals surface area contributed by atoms with E-state index in [-0.39, 0.29) is 47.1 Å². The van der Waals surface area contributed by atoms with E-state index in [0.717, 1.165) is 36.3 Å². The second-order valence-electron chi connectivity index (χ2n) is 7.37. The number of rotatable bonds is 4. The summed E-state index contributed by atoms with van der Waals surface area (Å²) in [5.74, 6) is -0.409. The molecular weight excluding hydrogens is 397 g/mol. The fourth-order valence-electron chi connectivity index (χ4n) is 4.72. The Bertz CT molecular complexity index is 893. The second-order valence-corrected chi connectivity index (χ2v) is 7.71. The number of carbonyl (C=O) groups excluding carboxylic acids is 1. The van der Waals surface area contributed by atoms with Gasteiger partial charge in [-0.25, -0.2) is 4.52 Å². The van der Waals surface area contributed by atoms with Gasteiger partial charge in [-0.15, -0.1) is 5.10 Å². The van der Waals surface area contributed by atoms with E-state index in [2.05, 4.69) is 15.4 Å². The van der Waals surface area contributed by atoms with E-state index in [1.54, 1.807) is 6.92 Å². The summed E-state index contributed by atoms with van der Waals surface area (Å²) in [6, 6.07) is 0.596. The molecule has 0 amide bonds. The Morgan fingerprint density at radius 3 is 2.64 bits per heavy atom. The van der Waals surface area contributed by atoms with Crippen molar-refractivity contribution < 1.29 is 22.7 Å². The van der Waals surface area contributed by atoms with Gasteiger partial charge in [0.1, 0.15) is 5.52 Å². The first-order chi connectivity index (χ1) is 13.3. The lowest BCUT2D eigenvalue weighted by molar-refractivity contribution is -0.154. The van der Waals surface area contributed by atoms with Crippen LogP contribution >= 0.6 is 11.6 Å². The summed E-state index contributed by atoms with van der Waals surface area (Å²) in [4.78, 5) is 16.6. The number of ether oxygens (including phenoxy) is 1. The molecule has 6 nitrogen and oxygen atoms in total. The van der Waals surface area contributed by atoms with Gasteiger partial charge in [0.2, 0.25) is 5.28 Å². The number of halogens is 4. The van der Waals surface area contributed by atoms with Gasteiger partial charge >= 0.3 is 12.1 Å². The molecule has 0 unspecified atom stereocenters. The molecule has 0 aliphatic heterocycles. The monoisotopic (exact) mass is 416 g/mol. The average molecular weight is 417 g/mol. The summed E-state index contributed by atoms with van der Waals surface area (Å²) in [7, 11) is 0. The van der Waals surface area contributed by atoms with Crippen molar-refractivity contribution in [2.45, 2.75) is 44.8 Å². The number of alkyl halides is 3. The first-order valence-electron chi connectivity index (χ1n) is 9.34. The largest absolute Gasteiger partial charge is 0.466 e. The van der Waals surface area contributed by atoms with Gasteiger partial charge in [0, 0.05) is 12.2 Å². The Balaban J connectivity index is 1.76. The number of nitrogens with one attached hydrogen (secondary N) is 1. The summed E-state index contributed by atoms with van der Waals surface area (Å²) in [6.45, 7) is 2.01. The van der Waals surface area contributed by atoms with Crippen LogP contribution in [0.1, 0.15) is 38.2 Å². The summed E-state index contributed by atoms with van der Waals surface area (Å²) in [5, 5.41) is 6.79. The average Bonchev–Trinajstić information content (AvgIpc) is 3.07. The number of hydrogen-bond acceptors (Lipinski definition) is 5. The molecule has 0 spiro atoms. The van der Waals surface area contributed by atoms with Crippen LogP contribution in [0.3, 0.4) is 0 Å². The van der Waals surface area contributed by atoms with Gasteiger partial charge < -0.3 is 10.1 Å². The molecule has 2 heterocycles. The third-order valence-electron chi connectivity index (χ3n) is 5.87. The molecule has 3 aliphatic carbocycles. The number of aromatic nitrogens is 3. The number of anilines is 1. The SMILES string of the molecule is CCOC(=O)[C@@H]1C2CCC(CC2)[C@H]1Nc1nc(Cl)nn2ccc(C(F)(F)F)c12. The molecular formula is C18H20ClF3N4O2. The van der Waals surface area contributed by atoms with Crippen molar-refractivity contribution in [2.24, 2.45) is 17.8 Å². The summed E-state index contributed by atoms with van der Waals surface area (Å²) in [6.07, 6.45) is 0.318. The van der Waals surface area contributed by atoms with E-state index in [4.69, 9.17) is 16.3 Å². The van der Waals surface area contributed by atoms with Crippen molar-refractivity contribution in [1.82, 2.24) is 14.6 Å². The highest BCUT2D eigenvalue weighted by atomic mass is 35.5. The van der Waals surface area contributed by atoms with E-state index in [0.29, 0.717) is 0 Å². The van der Waals surface area contributed by atoms with E-state index in [1.165, 1.54) is 6.20 Å². The Kier molecular flexibility index (Phi) is 4.89. The van der Waals surface area contributed by atoms with Crippen LogP contribution in [-0.4, -0.2) is 33.2 Å². The second kappa shape index (κ2) is 7.09. The highest BCUT2D eigenvalue weighted by Gasteiger charge is 2.48. The van der Waals surface area contributed by atoms with E-state index in [1.807, 2.05) is 0 Å². The Morgan fingerprint density at radius 1 is 1.32 bits per heavy atom. The normalized spacial score (nSPS) is 27.2. The van der Waals surface area contributed by atoms with Gasteiger partial charge in [-0.1, -0.05) is 0 Å². The predicted octanol–water partition coefficient (Wildman–Crippen LogP) is 4.18. The topological polar surface area (TPSA) is 68.5 Å². The lowest BCUT2D eigenvalue weighted by Crippen LogP contribution is -2.52. The molecule has 5 rings (SSSR count). The molecule has 3 aliphatic rings. The van der Waals surface area contributed by atoms with Crippen molar-refractivity contribution in [2.75, 3.05) is 11.9 Å². The zero-order chi connectivity index (χ0) is 20.1. The maximum Gasteiger partial charge on any atom is 0.418 e. The fourth-order valence-corrected chi connectivity index (χ4v) is 4.89. The predicted molar refractivity (Wildman–Crippen MR) is 96.0 cm³/mol. The van der Waals surface area contributed by atoms with E-state index < -0.39 is 17.7 Å². The van der Waals surface area contributed by atoms with Crippen LogP contribution < -0.4 is 5.32 Å². The van der Waals surface area contributed by atoms with Gasteiger partial charge in [-0.05, 0) is 62.1 Å². The standard InChI is InChI=1S/C18H20ClF3N4O2/c1-2-28-16(27)12-9-3-5-10(6-4-9)13(12)23-15-14-11(18(20,21)22)7-8-26(14)25-17(19)24-15/h7-10,12-13H,2-6H2,1H3,(H,23,24,25)/t9?,10?,12-,13-/m1/s1. The number of hydrogen-bond donors (Lipinski definition) is 1. The smallest absolute Gasteiger partial charge is 0.418 e. The highest BCUT2D eigenvalue weighted by Crippen LogP contribution is 2.47.